The van der Waals surface area contributed by atoms with Crippen molar-refractivity contribution in [1.82, 2.24) is 19.5 Å². The van der Waals surface area contributed by atoms with Crippen molar-refractivity contribution in [3.05, 3.63) is 6.33 Å². The van der Waals surface area contributed by atoms with Gasteiger partial charge in [-0.3, -0.25) is 18.1 Å². The number of imidazole rings is 1. The molecular formula is C25H45N6O6P. The molecule has 0 bridgehead atoms. The quantitative estimate of drug-likeness (QED) is 0.194. The Balaban J connectivity index is 1.91. The standard InChI is InChI=1S/C25H45N6O6P/c1-6-8-10-11-12-14-17(13-9-7-2)15-18-20(37-38(32,34-4)35-5)21(33-3)24(36-18)31-16-28-19-22(26)29-25(27)30-23(19)31/h16-18,20-21,24H,6-15H2,1-5H3,(H4,26,27,29,30). The molecule has 0 amide bonds. The summed E-state index contributed by atoms with van der Waals surface area (Å²) in [6.45, 7) is 4.42. The van der Waals surface area contributed by atoms with E-state index in [1.165, 1.54) is 46.3 Å². The molecule has 3 heterocycles. The highest BCUT2D eigenvalue weighted by Crippen LogP contribution is 2.53. The Labute approximate surface area is 225 Å². The highest BCUT2D eigenvalue weighted by Gasteiger charge is 2.51. The minimum Gasteiger partial charge on any atom is -0.382 e. The second-order valence-electron chi connectivity index (χ2n) is 9.89. The molecule has 13 heteroatoms. The van der Waals surface area contributed by atoms with Gasteiger partial charge in [0.05, 0.1) is 12.4 Å². The van der Waals surface area contributed by atoms with E-state index in [1.54, 1.807) is 18.0 Å². The van der Waals surface area contributed by atoms with Gasteiger partial charge in [0.15, 0.2) is 17.7 Å². The van der Waals surface area contributed by atoms with Gasteiger partial charge in [-0.05, 0) is 12.3 Å². The van der Waals surface area contributed by atoms with E-state index in [-0.39, 0.29) is 11.8 Å². The topological polar surface area (TPSA) is 159 Å². The molecule has 2 aromatic rings. The first kappa shape index (κ1) is 30.7. The first-order chi connectivity index (χ1) is 18.3. The van der Waals surface area contributed by atoms with Gasteiger partial charge in [-0.1, -0.05) is 71.6 Å². The summed E-state index contributed by atoms with van der Waals surface area (Å²) in [5, 5.41) is 0. The molecule has 0 spiro atoms. The summed E-state index contributed by atoms with van der Waals surface area (Å²) in [5.41, 5.74) is 12.7. The molecule has 1 saturated heterocycles. The average molecular weight is 557 g/mol. The molecular weight excluding hydrogens is 511 g/mol. The predicted octanol–water partition coefficient (Wildman–Crippen LogP) is 5.25. The number of phosphoric ester groups is 1. The van der Waals surface area contributed by atoms with Gasteiger partial charge in [-0.2, -0.15) is 9.97 Å². The van der Waals surface area contributed by atoms with Crippen LogP contribution in [0.5, 0.6) is 0 Å². The van der Waals surface area contributed by atoms with Crippen LogP contribution in [0.1, 0.15) is 84.3 Å². The van der Waals surface area contributed by atoms with Crippen molar-refractivity contribution in [2.24, 2.45) is 5.92 Å². The lowest BCUT2D eigenvalue weighted by atomic mass is 9.88. The summed E-state index contributed by atoms with van der Waals surface area (Å²) < 4.78 is 43.5. The summed E-state index contributed by atoms with van der Waals surface area (Å²) in [4.78, 5) is 12.7. The maximum absolute atomic E-state index is 13.1. The number of nitrogens with two attached hydrogens (primary N) is 2. The zero-order chi connectivity index (χ0) is 27.7. The van der Waals surface area contributed by atoms with Gasteiger partial charge >= 0.3 is 7.82 Å². The van der Waals surface area contributed by atoms with E-state index in [4.69, 9.17) is 34.5 Å². The molecule has 0 aromatic carbocycles. The van der Waals surface area contributed by atoms with Crippen molar-refractivity contribution in [3.63, 3.8) is 0 Å². The van der Waals surface area contributed by atoms with E-state index in [2.05, 4.69) is 28.8 Å². The van der Waals surface area contributed by atoms with E-state index in [9.17, 15) is 4.57 Å². The number of ether oxygens (including phenoxy) is 2. The molecule has 0 aliphatic carbocycles. The number of nitrogens with zero attached hydrogens (tertiary/aromatic N) is 4. The fraction of sp³-hybridized carbons (Fsp3) is 0.800. The smallest absolute Gasteiger partial charge is 0.382 e. The third-order valence-electron chi connectivity index (χ3n) is 7.24. The molecule has 38 heavy (non-hydrogen) atoms. The Hall–Kier alpha value is -1.82. The highest BCUT2D eigenvalue weighted by molar-refractivity contribution is 7.48. The molecule has 1 fully saturated rings. The number of nitrogen functional groups attached to an aromatic ring is 2. The molecule has 5 atom stereocenters. The zero-order valence-corrected chi connectivity index (χ0v) is 24.3. The van der Waals surface area contributed by atoms with Crippen LogP contribution < -0.4 is 11.5 Å². The third-order valence-corrected chi connectivity index (χ3v) is 8.64. The van der Waals surface area contributed by atoms with Crippen molar-refractivity contribution in [2.75, 3.05) is 32.8 Å². The Morgan fingerprint density at radius 3 is 2.34 bits per heavy atom. The van der Waals surface area contributed by atoms with Gasteiger partial charge in [-0.25, -0.2) is 9.55 Å². The van der Waals surface area contributed by atoms with E-state index >= 15 is 0 Å². The van der Waals surface area contributed by atoms with E-state index in [0.29, 0.717) is 23.5 Å². The minimum absolute atomic E-state index is 0.0269. The molecule has 4 N–H and O–H groups in total. The second-order valence-corrected chi connectivity index (χ2v) is 11.7. The maximum atomic E-state index is 13.1. The SMILES string of the molecule is CCCCCCCC(CCCC)CC1OC(n2cnc3c(N)nc(N)nc32)C(OC)C1OP(=O)(OC)OC. The van der Waals surface area contributed by atoms with Crippen LogP contribution in [0.2, 0.25) is 0 Å². The normalized spacial score (nSPS) is 22.9. The number of hydrogen-bond acceptors (Lipinski definition) is 11. The predicted molar refractivity (Wildman–Crippen MR) is 146 cm³/mol. The van der Waals surface area contributed by atoms with Crippen molar-refractivity contribution in [1.29, 1.82) is 0 Å². The third kappa shape index (κ3) is 7.43. The number of phosphoric acid groups is 1. The Bertz CT molecular complexity index is 1050. The van der Waals surface area contributed by atoms with Crippen LogP contribution in [0.3, 0.4) is 0 Å². The van der Waals surface area contributed by atoms with Crippen molar-refractivity contribution < 1.29 is 27.6 Å². The molecule has 216 valence electrons. The summed E-state index contributed by atoms with van der Waals surface area (Å²) in [5.74, 6) is 0.620. The van der Waals surface area contributed by atoms with Crippen LogP contribution in [0.25, 0.3) is 11.2 Å². The molecule has 5 unspecified atom stereocenters. The van der Waals surface area contributed by atoms with Crippen LogP contribution in [-0.4, -0.2) is 59.2 Å². The van der Waals surface area contributed by atoms with Crippen molar-refractivity contribution in [3.8, 4) is 0 Å². The van der Waals surface area contributed by atoms with E-state index in [0.717, 1.165) is 25.7 Å². The number of fused-ring (bicyclic) bond motifs is 1. The molecule has 3 rings (SSSR count). The van der Waals surface area contributed by atoms with Gasteiger partial charge in [-0.15, -0.1) is 0 Å². The number of methoxy groups -OCH3 is 1. The molecule has 2 aromatic heterocycles. The lowest BCUT2D eigenvalue weighted by Gasteiger charge is -2.27. The largest absolute Gasteiger partial charge is 0.474 e. The minimum atomic E-state index is -3.83. The number of hydrogen-bond donors (Lipinski definition) is 2. The number of unbranched alkanes of at least 4 members (excludes halogenated alkanes) is 5. The fourth-order valence-corrected chi connectivity index (χ4v) is 6.06. The summed E-state index contributed by atoms with van der Waals surface area (Å²) in [6.07, 6.45) is 10.3. The average Bonchev–Trinajstić information content (AvgIpc) is 3.47. The van der Waals surface area contributed by atoms with Crippen LogP contribution >= 0.6 is 7.82 Å². The van der Waals surface area contributed by atoms with Crippen LogP contribution in [0.4, 0.5) is 11.8 Å². The van der Waals surface area contributed by atoms with Crippen LogP contribution in [0.15, 0.2) is 6.33 Å². The Morgan fingerprint density at radius 1 is 1.00 bits per heavy atom. The lowest BCUT2D eigenvalue weighted by Crippen LogP contribution is -2.36. The van der Waals surface area contributed by atoms with Crippen LogP contribution in [-0.2, 0) is 27.6 Å². The summed E-state index contributed by atoms with van der Waals surface area (Å²) in [6, 6.07) is 0. The summed E-state index contributed by atoms with van der Waals surface area (Å²) >= 11 is 0. The zero-order valence-electron chi connectivity index (χ0n) is 23.4. The first-order valence-electron chi connectivity index (χ1n) is 13.6. The highest BCUT2D eigenvalue weighted by atomic mass is 31.2. The van der Waals surface area contributed by atoms with Gasteiger partial charge in [0, 0.05) is 21.3 Å². The fourth-order valence-electron chi connectivity index (χ4n) is 5.19. The molecule has 1 aliphatic rings. The number of rotatable bonds is 17. The van der Waals surface area contributed by atoms with Gasteiger partial charge < -0.3 is 20.9 Å². The Kier molecular flexibility index (Phi) is 11.7. The Morgan fingerprint density at radius 2 is 1.68 bits per heavy atom. The lowest BCUT2D eigenvalue weighted by molar-refractivity contribution is -0.0530. The van der Waals surface area contributed by atoms with Gasteiger partial charge in [0.2, 0.25) is 5.95 Å². The van der Waals surface area contributed by atoms with Crippen molar-refractivity contribution >= 4 is 30.8 Å². The van der Waals surface area contributed by atoms with Gasteiger partial charge in [0.1, 0.15) is 17.7 Å². The van der Waals surface area contributed by atoms with E-state index < -0.39 is 32.4 Å². The van der Waals surface area contributed by atoms with Crippen molar-refractivity contribution in [2.45, 2.75) is 103 Å². The first-order valence-corrected chi connectivity index (χ1v) is 15.1. The summed E-state index contributed by atoms with van der Waals surface area (Å²) in [7, 11) is 0.309. The number of aromatic nitrogens is 4. The molecule has 0 radical (unpaired) electrons. The molecule has 12 nitrogen and oxygen atoms in total. The molecule has 0 saturated carbocycles. The molecule has 1 aliphatic heterocycles. The monoisotopic (exact) mass is 556 g/mol. The maximum Gasteiger partial charge on any atom is 0.474 e. The number of anilines is 2. The van der Waals surface area contributed by atoms with E-state index in [1.807, 2.05) is 0 Å². The second kappa shape index (κ2) is 14.5. The van der Waals surface area contributed by atoms with Crippen LogP contribution in [0, 0.1) is 5.92 Å². The van der Waals surface area contributed by atoms with Gasteiger partial charge in [0.25, 0.3) is 0 Å².